The summed E-state index contributed by atoms with van der Waals surface area (Å²) in [5.41, 5.74) is -3.88. The third-order valence-corrected chi connectivity index (χ3v) is 12.1. The lowest BCUT2D eigenvalue weighted by atomic mass is 9.93. The second-order valence-corrected chi connectivity index (χ2v) is 15.1. The Balaban J connectivity index is 1.23. The minimum absolute atomic E-state index is 0.105. The highest BCUT2D eigenvalue weighted by Gasteiger charge is 2.20. The van der Waals surface area contributed by atoms with Crippen LogP contribution < -0.4 is 0 Å². The average Bonchev–Trinajstić information content (AvgIpc) is 1.49. The summed E-state index contributed by atoms with van der Waals surface area (Å²) in [5, 5.41) is -1.61. The zero-order chi connectivity index (χ0) is 62.7. The fraction of sp³-hybridized carbons (Fsp3) is 0. The molecule has 0 amide bonds. The van der Waals surface area contributed by atoms with Crippen LogP contribution in [-0.4, -0.2) is 15.0 Å². The second-order valence-electron chi connectivity index (χ2n) is 12.1. The lowest BCUT2D eigenvalue weighted by Crippen LogP contribution is -2.00. The van der Waals surface area contributed by atoms with Crippen LogP contribution in [-0.2, 0) is 0 Å². The SMILES string of the molecule is [2H]c1c([2H])c([2H])c(-c2nc(-c3c([2H])c([2H])c([2H])c([2H])c3[2H])nc(-c3c([2H])c([2H])c([2H])c4c3sc3c([2H])c(-c5c([2H])c(-c6c([2H])c([2H])c([2H])c7c6sc6c([2H])c([2H])c([2H])c([2H])c67)c6c(sc7c([2H])c([2H])c([2H])c([2H])c76)c5[2H])c([2H])c([2H])c34)n2)c([2H])c1[2H]. The molecule has 4 heterocycles. The van der Waals surface area contributed by atoms with Crippen LogP contribution in [0.4, 0.5) is 0 Å². The Kier molecular flexibility index (Phi) is 3.44. The molecular weight excluding hydrogens is 751 g/mol. The molecule has 8 aromatic carbocycles. The maximum Gasteiger partial charge on any atom is 0.165 e. The number of rotatable bonds is 5. The second kappa shape index (κ2) is 13.0. The summed E-state index contributed by atoms with van der Waals surface area (Å²) >= 11 is 1.91. The molecule has 0 unspecified atom stereocenters. The van der Waals surface area contributed by atoms with Crippen LogP contribution >= 0.6 is 34.0 Å². The Bertz CT molecular complexity index is 5100. The minimum atomic E-state index is -0.876. The molecule has 0 atom stereocenters. The van der Waals surface area contributed by atoms with E-state index in [1.807, 2.05) is 0 Å². The lowest BCUT2D eigenvalue weighted by Gasteiger charge is -2.11. The van der Waals surface area contributed by atoms with Gasteiger partial charge in [0.1, 0.15) is 0 Å². The van der Waals surface area contributed by atoms with Crippen molar-refractivity contribution in [2.75, 3.05) is 0 Å². The number of fused-ring (bicyclic) bond motifs is 9. The Morgan fingerprint density at radius 2 is 0.842 bits per heavy atom. The highest BCUT2D eigenvalue weighted by molar-refractivity contribution is 7.27. The lowest BCUT2D eigenvalue weighted by molar-refractivity contribution is 1.08. The molecule has 3 nitrogen and oxygen atoms in total. The molecule has 0 aliphatic carbocycles. The molecule has 12 aromatic rings. The van der Waals surface area contributed by atoms with E-state index in [4.69, 9.17) is 28.8 Å². The number of thiophene rings is 3. The Hall–Kier alpha value is -6.57. The Labute approximate surface area is 380 Å². The molecule has 6 heteroatoms. The largest absolute Gasteiger partial charge is 0.208 e. The molecule has 4 aromatic heterocycles. The normalized spacial score (nSPS) is 19.0. The van der Waals surface area contributed by atoms with Crippen molar-refractivity contribution in [1.29, 1.82) is 0 Å². The molecular formula is C51H29N3S3. The van der Waals surface area contributed by atoms with E-state index in [-0.39, 0.29) is 66.1 Å². The van der Waals surface area contributed by atoms with Gasteiger partial charge < -0.3 is 0 Å². The monoisotopic (exact) mass is 808 g/mol. The molecule has 0 N–H and O–H groups in total. The maximum absolute atomic E-state index is 10.2. The van der Waals surface area contributed by atoms with E-state index < -0.39 is 226 Å². The van der Waals surface area contributed by atoms with Crippen molar-refractivity contribution in [2.45, 2.75) is 0 Å². The standard InChI is InChI=1S/C51H29N3S3/c1-3-13-30(14-4-1)49-52-50(31-15-5-2-6-16-31)54-51(53-49)40-22-12-20-37-35-26-25-32(28-44(35)57-48(37)40)33-27-41(46-39-18-8-10-24-43(39)55-45(46)29-33)38-21-11-19-36-34-17-7-9-23-42(34)56-47(36)38/h1-29H/i1D,2D,3D,4D,5D,6D,7D,8D,9D,10D,11D,12D,13D,14D,15D,16D,17D,18D,19D,20D,21D,22D,23D,24D,25D,26D,27D,28D,29D. The Morgan fingerprint density at radius 3 is 1.56 bits per heavy atom. The van der Waals surface area contributed by atoms with Gasteiger partial charge in [0.05, 0.1) is 39.8 Å². The van der Waals surface area contributed by atoms with Crippen molar-refractivity contribution in [2.24, 2.45) is 0 Å². The number of benzene rings is 8. The predicted octanol–water partition coefficient (Wildman–Crippen LogP) is 15.3. The number of nitrogens with zero attached hydrogens (tertiary/aromatic N) is 3. The van der Waals surface area contributed by atoms with Gasteiger partial charge in [-0.2, -0.15) is 0 Å². The van der Waals surface area contributed by atoms with Crippen molar-refractivity contribution in [3.63, 3.8) is 0 Å². The Morgan fingerprint density at radius 1 is 0.316 bits per heavy atom. The molecule has 57 heavy (non-hydrogen) atoms. The van der Waals surface area contributed by atoms with Crippen LogP contribution in [0, 0.1) is 0 Å². The van der Waals surface area contributed by atoms with Gasteiger partial charge in [-0.15, -0.1) is 34.0 Å². The molecule has 266 valence electrons. The van der Waals surface area contributed by atoms with E-state index in [9.17, 15) is 11.0 Å². The number of hydrogen-bond donors (Lipinski definition) is 0. The van der Waals surface area contributed by atoms with Gasteiger partial charge in [-0.1, -0.05) is 139 Å². The van der Waals surface area contributed by atoms with Crippen LogP contribution in [0.2, 0.25) is 0 Å². The third-order valence-electron chi connectivity index (χ3n) is 8.88. The smallest absolute Gasteiger partial charge is 0.165 e. The maximum atomic E-state index is 10.2. The zero-order valence-corrected chi connectivity index (χ0v) is 30.5. The van der Waals surface area contributed by atoms with Crippen LogP contribution in [0.5, 0.6) is 0 Å². The highest BCUT2D eigenvalue weighted by Crippen LogP contribution is 2.48. The minimum Gasteiger partial charge on any atom is -0.208 e. The molecule has 12 rings (SSSR count). The summed E-state index contributed by atoms with van der Waals surface area (Å²) < 4.78 is 259. The van der Waals surface area contributed by atoms with E-state index >= 15 is 0 Å². The summed E-state index contributed by atoms with van der Waals surface area (Å²) in [4.78, 5) is 13.1. The first-order valence-electron chi connectivity index (χ1n) is 31.1. The van der Waals surface area contributed by atoms with Crippen molar-refractivity contribution >= 4 is 94.5 Å². The van der Waals surface area contributed by atoms with Gasteiger partial charge in [0.15, 0.2) is 17.5 Å². The first-order chi connectivity index (χ1) is 40.3. The van der Waals surface area contributed by atoms with Crippen molar-refractivity contribution in [3.05, 3.63) is 175 Å². The van der Waals surface area contributed by atoms with Gasteiger partial charge in [-0.05, 0) is 52.9 Å². The zero-order valence-electron chi connectivity index (χ0n) is 57.1. The van der Waals surface area contributed by atoms with Gasteiger partial charge in [0.25, 0.3) is 0 Å². The summed E-state index contributed by atoms with van der Waals surface area (Å²) in [5.74, 6) is -2.18. The van der Waals surface area contributed by atoms with Crippen molar-refractivity contribution in [3.8, 4) is 56.4 Å². The van der Waals surface area contributed by atoms with E-state index in [0.717, 1.165) is 0 Å². The molecule has 0 spiro atoms. The predicted molar refractivity (Wildman–Crippen MR) is 246 cm³/mol. The van der Waals surface area contributed by atoms with E-state index in [1.54, 1.807) is 0 Å². The molecule has 0 saturated heterocycles. The first-order valence-corrected chi connectivity index (χ1v) is 19.0. The van der Waals surface area contributed by atoms with Crippen LogP contribution in [0.15, 0.2) is 175 Å². The fourth-order valence-electron chi connectivity index (χ4n) is 6.43. The number of hydrogen-bond acceptors (Lipinski definition) is 6. The number of aromatic nitrogens is 3. The molecule has 0 fully saturated rings. The van der Waals surface area contributed by atoms with Gasteiger partial charge in [0.2, 0.25) is 0 Å². The van der Waals surface area contributed by atoms with Crippen molar-refractivity contribution in [1.82, 2.24) is 15.0 Å². The summed E-state index contributed by atoms with van der Waals surface area (Å²) in [6.45, 7) is 0. The summed E-state index contributed by atoms with van der Waals surface area (Å²) in [7, 11) is 0. The fourth-order valence-corrected chi connectivity index (χ4v) is 9.63. The van der Waals surface area contributed by atoms with Crippen molar-refractivity contribution < 1.29 is 39.8 Å². The quantitative estimate of drug-likeness (QED) is 0.174. The van der Waals surface area contributed by atoms with Crippen LogP contribution in [0.25, 0.3) is 117 Å². The summed E-state index contributed by atoms with van der Waals surface area (Å²) in [6.07, 6.45) is 0. The molecule has 0 saturated carbocycles. The topological polar surface area (TPSA) is 38.7 Å². The first kappa shape index (κ1) is 15.1. The van der Waals surface area contributed by atoms with E-state index in [1.165, 1.54) is 0 Å². The van der Waals surface area contributed by atoms with Gasteiger partial charge in [0, 0.05) is 82.8 Å². The highest BCUT2D eigenvalue weighted by atomic mass is 32.1. The van der Waals surface area contributed by atoms with Gasteiger partial charge in [-0.25, -0.2) is 15.0 Å². The van der Waals surface area contributed by atoms with Gasteiger partial charge >= 0.3 is 0 Å². The molecule has 0 aliphatic rings. The average molecular weight is 809 g/mol. The third kappa shape index (κ3) is 5.33. The molecule has 0 aliphatic heterocycles. The van der Waals surface area contributed by atoms with Crippen LogP contribution in [0.1, 0.15) is 39.8 Å². The van der Waals surface area contributed by atoms with Crippen LogP contribution in [0.3, 0.4) is 0 Å². The molecule has 0 radical (unpaired) electrons. The summed E-state index contributed by atoms with van der Waals surface area (Å²) in [6, 6.07) is -22.0. The van der Waals surface area contributed by atoms with E-state index in [0.29, 0.717) is 34.0 Å². The molecule has 0 bridgehead atoms. The van der Waals surface area contributed by atoms with E-state index in [2.05, 4.69) is 15.0 Å². The van der Waals surface area contributed by atoms with Gasteiger partial charge in [-0.3, -0.25) is 0 Å².